The number of aryl methyl sites for hydroxylation is 1. The van der Waals surface area contributed by atoms with Crippen molar-refractivity contribution in [1.82, 2.24) is 4.34 Å². The zero-order valence-electron chi connectivity index (χ0n) is 20.7. The first-order chi connectivity index (χ1) is 18.2. The Morgan fingerprint density at radius 1 is 0.676 bits per heavy atom. The maximum absolute atomic E-state index is 14.8. The van der Waals surface area contributed by atoms with E-state index in [1.807, 2.05) is 42.5 Å². The number of rotatable bonds is 6. The highest BCUT2D eigenvalue weighted by molar-refractivity contribution is 7.86. The van der Waals surface area contributed by atoms with Gasteiger partial charge in [-0.3, -0.25) is 0 Å². The van der Waals surface area contributed by atoms with Crippen LogP contribution in [0.2, 0.25) is 0 Å². The Morgan fingerprint density at radius 3 is 1.89 bits per heavy atom. The molecule has 0 saturated carbocycles. The van der Waals surface area contributed by atoms with Crippen molar-refractivity contribution < 1.29 is 8.95 Å². The van der Waals surface area contributed by atoms with Crippen molar-refractivity contribution in [3.8, 4) is 5.75 Å². The van der Waals surface area contributed by atoms with Gasteiger partial charge in [-0.05, 0) is 30.0 Å². The van der Waals surface area contributed by atoms with E-state index in [0.717, 1.165) is 32.3 Å². The predicted octanol–water partition coefficient (Wildman–Crippen LogP) is 7.17. The molecule has 0 spiro atoms. The van der Waals surface area contributed by atoms with Crippen LogP contribution in [0.1, 0.15) is 5.56 Å². The van der Waals surface area contributed by atoms with Crippen LogP contribution in [0, 0.1) is 6.92 Å². The Kier molecular flexibility index (Phi) is 6.38. The number of aromatic nitrogens is 1. The molecular formula is C32H26NO2PS. The Morgan fingerprint density at radius 2 is 1.24 bits per heavy atom. The molecule has 1 aromatic heterocycles. The lowest BCUT2D eigenvalue weighted by atomic mass is 10.1. The lowest BCUT2D eigenvalue weighted by molar-refractivity contribution is 0.405. The van der Waals surface area contributed by atoms with Gasteiger partial charge in [0, 0.05) is 21.4 Å². The average Bonchev–Trinajstić information content (AvgIpc) is 3.25. The number of ether oxygens (including phenoxy) is 1. The molecule has 0 unspecified atom stereocenters. The highest BCUT2D eigenvalue weighted by Crippen LogP contribution is 2.46. The van der Waals surface area contributed by atoms with E-state index in [1.165, 1.54) is 10.6 Å². The lowest BCUT2D eigenvalue weighted by Gasteiger charge is -2.24. The van der Waals surface area contributed by atoms with E-state index in [0.29, 0.717) is 10.6 Å². The first kappa shape index (κ1) is 23.7. The van der Waals surface area contributed by atoms with Crippen LogP contribution in [-0.4, -0.2) is 15.7 Å². The monoisotopic (exact) mass is 519 g/mol. The fourth-order valence-electron chi connectivity index (χ4n) is 4.97. The van der Waals surface area contributed by atoms with Crippen LogP contribution in [-0.2, 0) is 10.8 Å². The molecule has 0 radical (unpaired) electrons. The third-order valence-corrected chi connectivity index (χ3v) is 10.8. The van der Waals surface area contributed by atoms with E-state index < -0.39 is 18.9 Å². The molecule has 0 fully saturated rings. The number of fused-ring (bicyclic) bond motifs is 2. The molecule has 0 aliphatic heterocycles. The first-order valence-electron chi connectivity index (χ1n) is 12.2. The van der Waals surface area contributed by atoms with Gasteiger partial charge in [-0.25, -0.2) is 4.21 Å². The van der Waals surface area contributed by atoms with Gasteiger partial charge in [0.2, 0.25) is 0 Å². The first-order valence-corrected chi connectivity index (χ1v) is 14.6. The summed E-state index contributed by atoms with van der Waals surface area (Å²) in [5, 5.41) is 6.32. The van der Waals surface area contributed by atoms with Gasteiger partial charge in [0.1, 0.15) is 21.6 Å². The molecule has 0 aliphatic rings. The molecule has 6 rings (SSSR count). The second kappa shape index (κ2) is 9.97. The van der Waals surface area contributed by atoms with Crippen molar-refractivity contribution in [2.24, 2.45) is 0 Å². The largest absolute Gasteiger partial charge is 0.495 e. The Balaban J connectivity index is 1.70. The van der Waals surface area contributed by atoms with E-state index in [-0.39, 0.29) is 0 Å². The van der Waals surface area contributed by atoms with E-state index in [4.69, 9.17) is 4.74 Å². The molecular weight excluding hydrogens is 493 g/mol. The maximum atomic E-state index is 14.8. The van der Waals surface area contributed by atoms with Crippen molar-refractivity contribution in [2.75, 3.05) is 7.11 Å². The molecule has 5 heteroatoms. The fraction of sp³-hybridized carbons (Fsp3) is 0.0625. The van der Waals surface area contributed by atoms with Crippen LogP contribution in [0.5, 0.6) is 5.75 Å². The number of hydrogen-bond donors (Lipinski definition) is 0. The zero-order chi connectivity index (χ0) is 25.4. The standard InChI is InChI=1S/C32H26NO2PS/c1-23-27-18-11-12-20-29(27)33(36(25-14-5-3-6-15-25)26-16-7-4-8-17-26)32(23)37(34)31-28-19-10-9-13-24(28)21-22-30(31)35-2/h3-22H,1-2H3/t37-/m1/s1. The molecule has 182 valence electrons. The third kappa shape index (κ3) is 4.07. The summed E-state index contributed by atoms with van der Waals surface area (Å²) in [6.45, 7) is 2.09. The predicted molar refractivity (Wildman–Crippen MR) is 156 cm³/mol. The molecule has 1 atom stereocenters. The highest BCUT2D eigenvalue weighted by atomic mass is 32.2. The number of benzene rings is 5. The minimum atomic E-state index is -1.50. The molecule has 3 nitrogen and oxygen atoms in total. The summed E-state index contributed by atoms with van der Waals surface area (Å²) in [5.74, 6) is 0.636. The van der Waals surface area contributed by atoms with Gasteiger partial charge in [0.25, 0.3) is 0 Å². The van der Waals surface area contributed by atoms with Crippen LogP contribution in [0.3, 0.4) is 0 Å². The lowest BCUT2D eigenvalue weighted by Crippen LogP contribution is -2.19. The molecule has 0 saturated heterocycles. The number of hydrogen-bond acceptors (Lipinski definition) is 2. The average molecular weight is 520 g/mol. The molecule has 5 aromatic carbocycles. The summed E-state index contributed by atoms with van der Waals surface area (Å²) in [6, 6.07) is 41.5. The van der Waals surface area contributed by atoms with Gasteiger partial charge in [0.05, 0.1) is 25.6 Å². The Labute approximate surface area is 220 Å². The Hall–Kier alpha value is -3.72. The van der Waals surface area contributed by atoms with E-state index in [2.05, 4.69) is 90.1 Å². The normalized spacial score (nSPS) is 12.3. The molecule has 6 aromatic rings. The topological polar surface area (TPSA) is 31.2 Å². The summed E-state index contributed by atoms with van der Waals surface area (Å²) in [4.78, 5) is 0.712. The third-order valence-electron chi connectivity index (χ3n) is 6.68. The number of nitrogens with zero attached hydrogens (tertiary/aromatic N) is 1. The highest BCUT2D eigenvalue weighted by Gasteiger charge is 2.29. The Bertz CT molecular complexity index is 1710. The van der Waals surface area contributed by atoms with Gasteiger partial charge >= 0.3 is 0 Å². The summed E-state index contributed by atoms with van der Waals surface area (Å²) >= 11 is 0. The smallest absolute Gasteiger partial charge is 0.136 e. The molecule has 37 heavy (non-hydrogen) atoms. The van der Waals surface area contributed by atoms with Gasteiger partial charge in [-0.2, -0.15) is 0 Å². The van der Waals surface area contributed by atoms with Crippen LogP contribution in [0.4, 0.5) is 0 Å². The minimum Gasteiger partial charge on any atom is -0.495 e. The van der Waals surface area contributed by atoms with E-state index >= 15 is 0 Å². The van der Waals surface area contributed by atoms with Crippen molar-refractivity contribution in [3.05, 3.63) is 127 Å². The second-order valence-electron chi connectivity index (χ2n) is 8.83. The van der Waals surface area contributed by atoms with Crippen LogP contribution in [0.25, 0.3) is 21.7 Å². The summed E-state index contributed by atoms with van der Waals surface area (Å²) in [7, 11) is -0.899. The van der Waals surface area contributed by atoms with E-state index in [9.17, 15) is 4.21 Å². The quantitative estimate of drug-likeness (QED) is 0.218. The van der Waals surface area contributed by atoms with Crippen molar-refractivity contribution in [1.29, 1.82) is 0 Å². The number of methoxy groups -OCH3 is 1. The van der Waals surface area contributed by atoms with Crippen molar-refractivity contribution in [2.45, 2.75) is 16.8 Å². The summed E-state index contributed by atoms with van der Waals surface area (Å²) < 4.78 is 23.0. The summed E-state index contributed by atoms with van der Waals surface area (Å²) in [5.41, 5.74) is 2.12. The summed E-state index contributed by atoms with van der Waals surface area (Å²) in [6.07, 6.45) is 0. The van der Waals surface area contributed by atoms with Crippen LogP contribution < -0.4 is 15.3 Å². The van der Waals surface area contributed by atoms with Gasteiger partial charge in [-0.1, -0.05) is 109 Å². The molecule has 0 bridgehead atoms. The molecule has 0 amide bonds. The molecule has 1 heterocycles. The van der Waals surface area contributed by atoms with Crippen LogP contribution in [0.15, 0.2) is 131 Å². The van der Waals surface area contributed by atoms with Gasteiger partial charge in [0.15, 0.2) is 0 Å². The second-order valence-corrected chi connectivity index (χ2v) is 12.2. The minimum absolute atomic E-state index is 0.636. The maximum Gasteiger partial charge on any atom is 0.136 e. The zero-order valence-corrected chi connectivity index (χ0v) is 22.4. The van der Waals surface area contributed by atoms with Gasteiger partial charge < -0.3 is 9.07 Å². The fourth-order valence-corrected chi connectivity index (χ4v) is 9.38. The number of para-hydroxylation sites is 1. The molecule has 0 N–H and O–H groups in total. The van der Waals surface area contributed by atoms with Crippen LogP contribution >= 0.6 is 8.07 Å². The van der Waals surface area contributed by atoms with E-state index in [1.54, 1.807) is 7.11 Å². The molecule has 0 aliphatic carbocycles. The van der Waals surface area contributed by atoms with Gasteiger partial charge in [-0.15, -0.1) is 0 Å². The SMILES string of the molecule is COc1ccc2ccccc2c1[S@@](=O)c1c(C)c2ccccc2n1P(c1ccccc1)c1ccccc1. The van der Waals surface area contributed by atoms with Crippen molar-refractivity contribution >= 4 is 51.2 Å². The van der Waals surface area contributed by atoms with Crippen molar-refractivity contribution in [3.63, 3.8) is 0 Å².